The summed E-state index contributed by atoms with van der Waals surface area (Å²) in [5.41, 5.74) is 12.1. The highest BCUT2D eigenvalue weighted by Gasteiger charge is 2.27. The number of allylic oxidation sites excluding steroid dienone is 1. The molecule has 5 N–H and O–H groups in total. The molecule has 1 aliphatic heterocycles. The van der Waals surface area contributed by atoms with Crippen molar-refractivity contribution in [3.8, 4) is 0 Å². The standard InChI is InChI=1S/C12H22FN3O/c1-2-9(15)3-4-10(7-14)16-6-5-11(13)12(17)8-16/h3-4,7,9,11-12,17H,2,5-6,8,14-15H2,1H3/b4-3-,10-7+/t9?,11-,12-/m1/s1. The molecule has 1 aliphatic rings. The molecule has 0 aromatic heterocycles. The first-order valence-electron chi connectivity index (χ1n) is 6.01. The average Bonchev–Trinajstić information content (AvgIpc) is 2.33. The van der Waals surface area contributed by atoms with Gasteiger partial charge in [-0.05, 0) is 18.9 Å². The van der Waals surface area contributed by atoms with E-state index in [0.717, 1.165) is 12.1 Å². The monoisotopic (exact) mass is 243 g/mol. The van der Waals surface area contributed by atoms with Gasteiger partial charge < -0.3 is 21.5 Å². The van der Waals surface area contributed by atoms with Gasteiger partial charge in [-0.15, -0.1) is 0 Å². The molecule has 0 spiro atoms. The predicted molar refractivity (Wildman–Crippen MR) is 66.8 cm³/mol. The van der Waals surface area contributed by atoms with Crippen LogP contribution in [-0.2, 0) is 0 Å². The van der Waals surface area contributed by atoms with Gasteiger partial charge in [0.25, 0.3) is 0 Å². The Morgan fingerprint density at radius 1 is 1.65 bits per heavy atom. The zero-order valence-corrected chi connectivity index (χ0v) is 10.2. The number of β-amino-alcohol motifs (C(OH)–C–C–N with tert-alkyl or cyclic N) is 1. The second-order valence-corrected chi connectivity index (χ2v) is 4.34. The van der Waals surface area contributed by atoms with Crippen molar-refractivity contribution in [1.82, 2.24) is 4.90 Å². The molecule has 0 radical (unpaired) electrons. The summed E-state index contributed by atoms with van der Waals surface area (Å²) in [5, 5.41) is 9.48. The summed E-state index contributed by atoms with van der Waals surface area (Å²) in [6.07, 6.45) is 4.27. The quantitative estimate of drug-likeness (QED) is 0.628. The van der Waals surface area contributed by atoms with Crippen LogP contribution in [0.1, 0.15) is 19.8 Å². The van der Waals surface area contributed by atoms with Crippen LogP contribution in [0, 0.1) is 0 Å². The van der Waals surface area contributed by atoms with Crippen LogP contribution < -0.4 is 11.5 Å². The fourth-order valence-corrected chi connectivity index (χ4v) is 1.76. The number of alkyl halides is 1. The number of nitrogens with zero attached hydrogens (tertiary/aromatic N) is 1. The van der Waals surface area contributed by atoms with Gasteiger partial charge in [0.05, 0.1) is 5.70 Å². The summed E-state index contributed by atoms with van der Waals surface area (Å²) in [4.78, 5) is 1.87. The molecule has 1 rings (SSSR count). The van der Waals surface area contributed by atoms with E-state index >= 15 is 0 Å². The minimum Gasteiger partial charge on any atom is -0.403 e. The third-order valence-corrected chi connectivity index (χ3v) is 3.02. The zero-order chi connectivity index (χ0) is 12.8. The van der Waals surface area contributed by atoms with Gasteiger partial charge in [0.2, 0.25) is 0 Å². The van der Waals surface area contributed by atoms with Crippen molar-refractivity contribution in [2.75, 3.05) is 13.1 Å². The van der Waals surface area contributed by atoms with E-state index in [4.69, 9.17) is 11.5 Å². The smallest absolute Gasteiger partial charge is 0.129 e. The number of nitrogens with two attached hydrogens (primary N) is 2. The van der Waals surface area contributed by atoms with Crippen LogP contribution in [0.15, 0.2) is 24.0 Å². The average molecular weight is 243 g/mol. The molecule has 0 amide bonds. The van der Waals surface area contributed by atoms with E-state index < -0.39 is 12.3 Å². The molecule has 3 atom stereocenters. The van der Waals surface area contributed by atoms with E-state index in [1.807, 2.05) is 24.0 Å². The predicted octanol–water partition coefficient (Wildman–Crippen LogP) is 0.485. The fraction of sp³-hybridized carbons (Fsp3) is 0.667. The van der Waals surface area contributed by atoms with E-state index in [1.165, 1.54) is 6.20 Å². The summed E-state index contributed by atoms with van der Waals surface area (Å²) in [7, 11) is 0. The van der Waals surface area contributed by atoms with Crippen molar-refractivity contribution >= 4 is 0 Å². The molecule has 0 bridgehead atoms. The Balaban J connectivity index is 2.60. The van der Waals surface area contributed by atoms with Crippen molar-refractivity contribution in [2.24, 2.45) is 11.5 Å². The Kier molecular flexibility index (Phi) is 5.44. The van der Waals surface area contributed by atoms with Crippen molar-refractivity contribution < 1.29 is 9.50 Å². The van der Waals surface area contributed by atoms with E-state index in [9.17, 15) is 9.50 Å². The SMILES string of the molecule is CCC(N)/C=C\C(=C/N)N1CC[C@@H](F)[C@H](O)C1. The Labute approximate surface area is 102 Å². The number of likely N-dealkylation sites (tertiary alicyclic amines) is 1. The summed E-state index contributed by atoms with van der Waals surface area (Å²) in [6, 6.07) is -0.00594. The Morgan fingerprint density at radius 3 is 2.88 bits per heavy atom. The second kappa shape index (κ2) is 6.61. The molecular weight excluding hydrogens is 221 g/mol. The highest BCUT2D eigenvalue weighted by Crippen LogP contribution is 2.18. The van der Waals surface area contributed by atoms with Crippen LogP contribution in [0.25, 0.3) is 0 Å². The maximum absolute atomic E-state index is 13.1. The van der Waals surface area contributed by atoms with Crippen molar-refractivity contribution in [1.29, 1.82) is 0 Å². The van der Waals surface area contributed by atoms with Gasteiger partial charge in [-0.1, -0.05) is 13.0 Å². The van der Waals surface area contributed by atoms with Gasteiger partial charge in [-0.25, -0.2) is 4.39 Å². The van der Waals surface area contributed by atoms with Crippen LogP contribution in [0.4, 0.5) is 4.39 Å². The van der Waals surface area contributed by atoms with Crippen LogP contribution in [0.5, 0.6) is 0 Å². The third-order valence-electron chi connectivity index (χ3n) is 3.02. The van der Waals surface area contributed by atoms with Crippen molar-refractivity contribution in [3.05, 3.63) is 24.0 Å². The molecule has 0 aliphatic carbocycles. The first kappa shape index (κ1) is 14.0. The maximum Gasteiger partial charge on any atom is 0.129 e. The molecule has 17 heavy (non-hydrogen) atoms. The minimum absolute atomic E-state index is 0.00594. The summed E-state index contributed by atoms with van der Waals surface area (Å²) in [6.45, 7) is 2.84. The molecule has 98 valence electrons. The second-order valence-electron chi connectivity index (χ2n) is 4.34. The lowest BCUT2D eigenvalue weighted by Gasteiger charge is -2.34. The fourth-order valence-electron chi connectivity index (χ4n) is 1.76. The Morgan fingerprint density at radius 2 is 2.35 bits per heavy atom. The molecule has 0 aromatic carbocycles. The molecule has 1 heterocycles. The van der Waals surface area contributed by atoms with Crippen LogP contribution in [-0.4, -0.2) is 41.4 Å². The number of hydrogen-bond acceptors (Lipinski definition) is 4. The molecular formula is C12H22FN3O. The van der Waals surface area contributed by atoms with Gasteiger partial charge in [0.1, 0.15) is 12.3 Å². The summed E-state index contributed by atoms with van der Waals surface area (Å²) >= 11 is 0. The first-order chi connectivity index (χ1) is 8.08. The highest BCUT2D eigenvalue weighted by molar-refractivity contribution is 5.19. The maximum atomic E-state index is 13.1. The van der Waals surface area contributed by atoms with Crippen molar-refractivity contribution in [3.63, 3.8) is 0 Å². The number of aliphatic hydroxyl groups is 1. The topological polar surface area (TPSA) is 75.5 Å². The minimum atomic E-state index is -1.13. The van der Waals surface area contributed by atoms with Crippen LogP contribution >= 0.6 is 0 Å². The molecule has 1 fully saturated rings. The van der Waals surface area contributed by atoms with Gasteiger partial charge in [0.15, 0.2) is 0 Å². The molecule has 1 saturated heterocycles. The van der Waals surface area contributed by atoms with Crippen molar-refractivity contribution in [2.45, 2.75) is 38.1 Å². The number of aliphatic hydroxyl groups excluding tert-OH is 1. The normalized spacial score (nSPS) is 28.7. The lowest BCUT2D eigenvalue weighted by Crippen LogP contribution is -2.44. The number of hydrogen-bond donors (Lipinski definition) is 3. The summed E-state index contributed by atoms with van der Waals surface area (Å²) < 4.78 is 13.1. The van der Waals surface area contributed by atoms with Crippen LogP contribution in [0.3, 0.4) is 0 Å². The number of piperidine rings is 1. The number of halogens is 1. The van der Waals surface area contributed by atoms with Gasteiger partial charge >= 0.3 is 0 Å². The zero-order valence-electron chi connectivity index (χ0n) is 10.2. The van der Waals surface area contributed by atoms with E-state index in [-0.39, 0.29) is 12.6 Å². The summed E-state index contributed by atoms with van der Waals surface area (Å²) in [5.74, 6) is 0. The molecule has 1 unspecified atom stereocenters. The Hall–Kier alpha value is -1.07. The van der Waals surface area contributed by atoms with E-state index in [0.29, 0.717) is 13.0 Å². The molecule has 4 nitrogen and oxygen atoms in total. The first-order valence-corrected chi connectivity index (χ1v) is 6.01. The van der Waals surface area contributed by atoms with E-state index in [2.05, 4.69) is 0 Å². The lowest BCUT2D eigenvalue weighted by molar-refractivity contribution is 0.0163. The van der Waals surface area contributed by atoms with Gasteiger partial charge in [-0.2, -0.15) is 0 Å². The molecule has 0 aromatic rings. The van der Waals surface area contributed by atoms with E-state index in [1.54, 1.807) is 0 Å². The Bertz CT molecular complexity index is 293. The van der Waals surface area contributed by atoms with Gasteiger partial charge in [0, 0.05) is 25.3 Å². The van der Waals surface area contributed by atoms with Gasteiger partial charge in [-0.3, -0.25) is 0 Å². The van der Waals surface area contributed by atoms with Crippen LogP contribution in [0.2, 0.25) is 0 Å². The molecule has 5 heteroatoms. The largest absolute Gasteiger partial charge is 0.403 e. The third kappa shape index (κ3) is 4.02. The number of rotatable bonds is 4. The highest BCUT2D eigenvalue weighted by atomic mass is 19.1. The lowest BCUT2D eigenvalue weighted by atomic mass is 10.1. The molecule has 0 saturated carbocycles.